The number of benzene rings is 1. The van der Waals surface area contributed by atoms with E-state index in [2.05, 4.69) is 20.3 Å². The van der Waals surface area contributed by atoms with Crippen LogP contribution in [0.3, 0.4) is 0 Å². The van der Waals surface area contributed by atoms with E-state index in [1.54, 1.807) is 30.6 Å². The minimum absolute atomic E-state index is 0.203. The number of halogens is 2. The van der Waals surface area contributed by atoms with Crippen molar-refractivity contribution in [2.45, 2.75) is 37.5 Å². The zero-order valence-electron chi connectivity index (χ0n) is 16.8. The van der Waals surface area contributed by atoms with Crippen molar-refractivity contribution < 1.29 is 14.3 Å². The first kappa shape index (κ1) is 21.0. The number of carbonyl (C=O) groups excluding carboxylic acids is 1. The fourth-order valence-electron chi connectivity index (χ4n) is 4.35. The van der Waals surface area contributed by atoms with Gasteiger partial charge < -0.3 is 15.0 Å². The van der Waals surface area contributed by atoms with Crippen molar-refractivity contribution >= 4 is 39.9 Å². The quantitative estimate of drug-likeness (QED) is 0.464. The van der Waals surface area contributed by atoms with E-state index in [4.69, 9.17) is 11.6 Å². The molecule has 0 spiro atoms. The molecule has 1 amide bonds. The van der Waals surface area contributed by atoms with Gasteiger partial charge in [-0.1, -0.05) is 35.1 Å². The van der Waals surface area contributed by atoms with E-state index in [1.165, 1.54) is 12.3 Å². The second-order valence-electron chi connectivity index (χ2n) is 7.80. The Morgan fingerprint density at radius 2 is 2.06 bits per heavy atom. The van der Waals surface area contributed by atoms with Crippen molar-refractivity contribution in [3.8, 4) is 11.4 Å². The predicted molar refractivity (Wildman–Crippen MR) is 120 cm³/mol. The summed E-state index contributed by atoms with van der Waals surface area (Å²) in [7, 11) is 0. The summed E-state index contributed by atoms with van der Waals surface area (Å²) in [6, 6.07) is 7.82. The first-order valence-electron chi connectivity index (χ1n) is 10.2. The Bertz CT molecular complexity index is 1290. The van der Waals surface area contributed by atoms with Crippen LogP contribution in [0.5, 0.6) is 0 Å². The second kappa shape index (κ2) is 8.57. The highest BCUT2D eigenvalue weighted by Crippen LogP contribution is 2.37. The molecule has 2 N–H and O–H groups in total. The van der Waals surface area contributed by atoms with Crippen molar-refractivity contribution in [3.63, 3.8) is 0 Å². The van der Waals surface area contributed by atoms with Gasteiger partial charge in [-0.05, 0) is 37.5 Å². The molecule has 0 radical (unpaired) electrons. The number of hydrogen-bond acceptors (Lipinski definition) is 6. The van der Waals surface area contributed by atoms with E-state index < -0.39 is 6.10 Å². The molecule has 3 heterocycles. The van der Waals surface area contributed by atoms with Gasteiger partial charge in [0.1, 0.15) is 21.5 Å². The lowest BCUT2D eigenvalue weighted by Crippen LogP contribution is -2.43. The molecule has 0 unspecified atom stereocenters. The molecular weight excluding hydrogens is 453 g/mol. The number of hydrogen-bond donors (Lipinski definition) is 2. The fourth-order valence-corrected chi connectivity index (χ4v) is 5.16. The van der Waals surface area contributed by atoms with Gasteiger partial charge >= 0.3 is 0 Å². The topological polar surface area (TPSA) is 92.9 Å². The van der Waals surface area contributed by atoms with Gasteiger partial charge in [-0.2, -0.15) is 0 Å². The molecule has 164 valence electrons. The number of fused-ring (bicyclic) bond motifs is 1. The molecule has 1 saturated carbocycles. The van der Waals surface area contributed by atoms with Gasteiger partial charge in [-0.25, -0.2) is 14.4 Å². The van der Waals surface area contributed by atoms with Crippen molar-refractivity contribution in [1.29, 1.82) is 0 Å². The zero-order chi connectivity index (χ0) is 22.2. The third-order valence-corrected chi connectivity index (χ3v) is 6.75. The van der Waals surface area contributed by atoms with E-state index in [0.29, 0.717) is 40.5 Å². The van der Waals surface area contributed by atoms with Crippen LogP contribution in [0.1, 0.15) is 35.1 Å². The van der Waals surface area contributed by atoms with Crippen LogP contribution in [0, 0.1) is 5.82 Å². The van der Waals surface area contributed by atoms with Crippen LogP contribution in [0.25, 0.3) is 22.4 Å². The molecule has 0 bridgehead atoms. The summed E-state index contributed by atoms with van der Waals surface area (Å²) in [5.41, 5.74) is 1.82. The number of carbonyl (C=O) groups is 1. The van der Waals surface area contributed by atoms with Crippen LogP contribution in [-0.2, 0) is 0 Å². The average Bonchev–Trinajstić information content (AvgIpc) is 3.37. The molecule has 1 aliphatic rings. The average molecular weight is 472 g/mol. The summed E-state index contributed by atoms with van der Waals surface area (Å²) in [5.74, 6) is -0.227. The van der Waals surface area contributed by atoms with Gasteiger partial charge in [0.25, 0.3) is 5.91 Å². The summed E-state index contributed by atoms with van der Waals surface area (Å²) < 4.78 is 17.1. The number of pyridine rings is 1. The van der Waals surface area contributed by atoms with Crippen molar-refractivity contribution in [2.75, 3.05) is 0 Å². The third-order valence-electron chi connectivity index (χ3n) is 5.64. The number of aromatic nitrogens is 4. The Morgan fingerprint density at radius 1 is 1.22 bits per heavy atom. The maximum atomic E-state index is 14.7. The fraction of sp³-hybridized carbons (Fsp3) is 0.273. The Hall–Kier alpha value is -2.88. The molecule has 0 saturated heterocycles. The van der Waals surface area contributed by atoms with Crippen LogP contribution in [0.15, 0.2) is 48.9 Å². The maximum absolute atomic E-state index is 14.7. The first-order valence-corrected chi connectivity index (χ1v) is 11.4. The molecule has 1 aliphatic carbocycles. The summed E-state index contributed by atoms with van der Waals surface area (Å²) in [4.78, 5) is 25.4. The van der Waals surface area contributed by atoms with E-state index in [0.717, 1.165) is 16.9 Å². The summed E-state index contributed by atoms with van der Waals surface area (Å²) >= 11 is 7.00. The van der Waals surface area contributed by atoms with Crippen LogP contribution < -0.4 is 5.32 Å². The molecule has 4 aromatic rings. The molecule has 32 heavy (non-hydrogen) atoms. The van der Waals surface area contributed by atoms with Crippen molar-refractivity contribution in [3.05, 3.63) is 64.1 Å². The smallest absolute Gasteiger partial charge is 0.280 e. The lowest BCUT2D eigenvalue weighted by Gasteiger charge is -2.34. The van der Waals surface area contributed by atoms with E-state index in [-0.39, 0.29) is 28.8 Å². The standard InChI is InChI=1S/C22H19ClFN5O2S/c23-19-11-26-22(32-19)21(31)27-12-7-13(9-14(30)8-12)29-18-5-6-25-10-17(18)28-20(29)15-3-1-2-4-16(15)24/h1-6,10-14,30H,7-9H2,(H,27,31)/t12-,13+,14+/m1/s1. The van der Waals surface area contributed by atoms with Crippen LogP contribution in [0.4, 0.5) is 4.39 Å². The number of thiazole rings is 1. The number of rotatable bonds is 4. The second-order valence-corrected chi connectivity index (χ2v) is 9.47. The molecule has 0 aliphatic heterocycles. The van der Waals surface area contributed by atoms with Crippen molar-refractivity contribution in [2.24, 2.45) is 0 Å². The molecule has 1 fully saturated rings. The number of amides is 1. The summed E-state index contributed by atoms with van der Waals surface area (Å²) in [6.07, 6.45) is 5.54. The van der Waals surface area contributed by atoms with Gasteiger partial charge in [0, 0.05) is 18.3 Å². The SMILES string of the molecule is O=C(N[C@H]1C[C@H](O)C[C@@H](n2c(-c3ccccc3F)nc3cnccc32)C1)c1ncc(Cl)s1. The number of nitrogens with one attached hydrogen (secondary N) is 1. The highest BCUT2D eigenvalue weighted by molar-refractivity contribution is 7.17. The van der Waals surface area contributed by atoms with Gasteiger partial charge in [-0.15, -0.1) is 0 Å². The monoisotopic (exact) mass is 471 g/mol. The number of imidazole rings is 1. The minimum atomic E-state index is -0.633. The number of aliphatic hydroxyl groups is 1. The Kier molecular flexibility index (Phi) is 5.62. The lowest BCUT2D eigenvalue weighted by molar-refractivity contribution is 0.0747. The lowest BCUT2D eigenvalue weighted by atomic mass is 9.88. The molecule has 10 heteroatoms. The Labute approximate surface area is 191 Å². The molecule has 3 atom stereocenters. The summed E-state index contributed by atoms with van der Waals surface area (Å²) in [5, 5.41) is 13.9. The molecular formula is C22H19ClFN5O2S. The molecule has 1 aromatic carbocycles. The zero-order valence-corrected chi connectivity index (χ0v) is 18.4. The highest BCUT2D eigenvalue weighted by Gasteiger charge is 2.33. The van der Waals surface area contributed by atoms with Crippen LogP contribution >= 0.6 is 22.9 Å². The number of aliphatic hydroxyl groups excluding tert-OH is 1. The molecule has 7 nitrogen and oxygen atoms in total. The predicted octanol–water partition coefficient (Wildman–Crippen LogP) is 4.23. The van der Waals surface area contributed by atoms with E-state index in [9.17, 15) is 14.3 Å². The van der Waals surface area contributed by atoms with Gasteiger partial charge in [0.15, 0.2) is 5.01 Å². The highest BCUT2D eigenvalue weighted by atomic mass is 35.5. The maximum Gasteiger partial charge on any atom is 0.280 e. The normalized spacial score (nSPS) is 21.0. The summed E-state index contributed by atoms with van der Waals surface area (Å²) in [6.45, 7) is 0. The van der Waals surface area contributed by atoms with Crippen LogP contribution in [0.2, 0.25) is 4.34 Å². The third kappa shape index (κ3) is 3.99. The molecule has 5 rings (SSSR count). The Morgan fingerprint density at radius 3 is 2.84 bits per heavy atom. The van der Waals surface area contributed by atoms with Gasteiger partial charge in [0.2, 0.25) is 0 Å². The van der Waals surface area contributed by atoms with E-state index in [1.807, 2.05) is 10.6 Å². The minimum Gasteiger partial charge on any atom is -0.393 e. The van der Waals surface area contributed by atoms with Crippen LogP contribution in [-0.4, -0.2) is 42.7 Å². The number of nitrogens with zero attached hydrogens (tertiary/aromatic N) is 4. The molecule has 3 aromatic heterocycles. The van der Waals surface area contributed by atoms with Crippen molar-refractivity contribution in [1.82, 2.24) is 24.8 Å². The first-order chi connectivity index (χ1) is 15.5. The Balaban J connectivity index is 1.51. The van der Waals surface area contributed by atoms with Gasteiger partial charge in [-0.3, -0.25) is 9.78 Å². The van der Waals surface area contributed by atoms with Gasteiger partial charge in [0.05, 0.1) is 29.6 Å². The largest absolute Gasteiger partial charge is 0.393 e. The van der Waals surface area contributed by atoms with E-state index >= 15 is 0 Å².